The first kappa shape index (κ1) is 21.8. The molecule has 1 aliphatic rings. The van der Waals surface area contributed by atoms with Crippen LogP contribution in [0.25, 0.3) is 0 Å². The maximum Gasteiger partial charge on any atom is 0.521 e. The van der Waals surface area contributed by atoms with Crippen molar-refractivity contribution in [3.63, 3.8) is 0 Å². The van der Waals surface area contributed by atoms with Gasteiger partial charge < -0.3 is 9.94 Å². The number of carbonyl (C=O) groups excluding carboxylic acids is 2. The molecule has 0 spiro atoms. The van der Waals surface area contributed by atoms with E-state index in [0.717, 1.165) is 11.8 Å². The third kappa shape index (κ3) is 4.68. The van der Waals surface area contributed by atoms with Crippen LogP contribution in [0.15, 0.2) is 24.3 Å². The molecule has 28 heavy (non-hydrogen) atoms. The van der Waals surface area contributed by atoms with Crippen LogP contribution in [0, 0.1) is 16.0 Å². The first-order chi connectivity index (χ1) is 13.2. The summed E-state index contributed by atoms with van der Waals surface area (Å²) in [4.78, 5) is 51.6. The molecular formula is C18H23N2O7S+. The SMILES string of the molecule is C[C@H](CSC(=O)c1cccc(CO[N+](=O)[O-])c1)C(=O)[N+]1(C(=O)O)CCC[C@H]1C. The minimum atomic E-state index is -1.14. The van der Waals surface area contributed by atoms with Crippen LogP contribution in [0.1, 0.15) is 42.6 Å². The van der Waals surface area contributed by atoms with E-state index in [1.165, 1.54) is 6.07 Å². The summed E-state index contributed by atoms with van der Waals surface area (Å²) >= 11 is 0.932. The average Bonchev–Trinajstić information content (AvgIpc) is 3.06. The molecule has 1 aliphatic heterocycles. The Morgan fingerprint density at radius 1 is 1.43 bits per heavy atom. The highest BCUT2D eigenvalue weighted by Crippen LogP contribution is 2.31. The molecule has 1 fully saturated rings. The van der Waals surface area contributed by atoms with Gasteiger partial charge in [-0.1, -0.05) is 30.0 Å². The van der Waals surface area contributed by atoms with Gasteiger partial charge in [0, 0.05) is 24.2 Å². The van der Waals surface area contributed by atoms with Gasteiger partial charge in [-0.2, -0.15) is 9.28 Å². The number of likely N-dealkylation sites (tertiary alicyclic amines) is 1. The number of carboxylic acid groups (broad SMARTS) is 1. The van der Waals surface area contributed by atoms with Crippen LogP contribution in [-0.2, 0) is 16.2 Å². The van der Waals surface area contributed by atoms with E-state index in [9.17, 15) is 29.6 Å². The standard InChI is InChI=1S/C18H22N2O7S/c1-12(16(21)20(18(23)24)8-4-5-13(20)2)11-28-17(22)15-7-3-6-14(9-15)10-27-19(25)26/h3,6-7,9,12-13H,4-5,8,10-11H2,1-2H3/p+1/t12-,13-,20?/m1/s1. The third-order valence-corrected chi connectivity index (χ3v) is 6.17. The summed E-state index contributed by atoms with van der Waals surface area (Å²) in [5.74, 6) is -0.828. The Morgan fingerprint density at radius 3 is 2.71 bits per heavy atom. The number of rotatable bonds is 7. The van der Waals surface area contributed by atoms with Gasteiger partial charge >= 0.3 is 12.0 Å². The number of nitrogens with zero attached hydrogens (tertiary/aromatic N) is 2. The topological polar surface area (TPSA) is 124 Å². The number of hydrogen-bond donors (Lipinski definition) is 1. The summed E-state index contributed by atoms with van der Waals surface area (Å²) in [6.07, 6.45) is 0.212. The Balaban J connectivity index is 2.00. The quantitative estimate of drug-likeness (QED) is 0.412. The molecular weight excluding hydrogens is 388 g/mol. The Labute approximate surface area is 166 Å². The van der Waals surface area contributed by atoms with Gasteiger partial charge in [0.1, 0.15) is 12.6 Å². The van der Waals surface area contributed by atoms with Gasteiger partial charge in [-0.3, -0.25) is 4.79 Å². The van der Waals surface area contributed by atoms with E-state index >= 15 is 0 Å². The van der Waals surface area contributed by atoms with E-state index in [-0.39, 0.29) is 36.0 Å². The lowest BCUT2D eigenvalue weighted by Gasteiger charge is -2.31. The molecule has 1 heterocycles. The minimum Gasteiger partial charge on any atom is -0.435 e. The smallest absolute Gasteiger partial charge is 0.435 e. The molecule has 1 aromatic rings. The molecule has 1 unspecified atom stereocenters. The van der Waals surface area contributed by atoms with Gasteiger partial charge in [-0.05, 0) is 25.5 Å². The van der Waals surface area contributed by atoms with E-state index in [2.05, 4.69) is 4.84 Å². The number of quaternary nitrogens is 1. The van der Waals surface area contributed by atoms with Gasteiger partial charge in [0.15, 0.2) is 0 Å². The summed E-state index contributed by atoms with van der Waals surface area (Å²) in [6, 6.07) is 5.99. The van der Waals surface area contributed by atoms with Crippen molar-refractivity contribution in [3.05, 3.63) is 45.5 Å². The maximum atomic E-state index is 12.9. The summed E-state index contributed by atoms with van der Waals surface area (Å²) in [5, 5.41) is 18.7. The molecule has 0 aromatic heterocycles. The molecule has 9 nitrogen and oxygen atoms in total. The molecule has 0 radical (unpaired) electrons. The van der Waals surface area contributed by atoms with Gasteiger partial charge in [-0.25, -0.2) is 4.79 Å². The Morgan fingerprint density at radius 2 is 2.14 bits per heavy atom. The number of benzene rings is 1. The largest absolute Gasteiger partial charge is 0.521 e. The van der Waals surface area contributed by atoms with Crippen molar-refractivity contribution in [2.24, 2.45) is 5.92 Å². The third-order valence-electron chi connectivity index (χ3n) is 5.01. The molecule has 0 saturated carbocycles. The first-order valence-electron chi connectivity index (χ1n) is 8.87. The van der Waals surface area contributed by atoms with Gasteiger partial charge in [-0.15, -0.1) is 10.1 Å². The molecule has 2 amide bonds. The number of amides is 2. The van der Waals surface area contributed by atoms with Crippen LogP contribution in [0.3, 0.4) is 0 Å². The highest BCUT2D eigenvalue weighted by Gasteiger charge is 2.54. The molecule has 1 N–H and O–H groups in total. The fraction of sp³-hybridized carbons (Fsp3) is 0.500. The zero-order valence-corrected chi connectivity index (χ0v) is 16.5. The highest BCUT2D eigenvalue weighted by atomic mass is 32.2. The van der Waals surface area contributed by atoms with Crippen LogP contribution >= 0.6 is 11.8 Å². The van der Waals surface area contributed by atoms with E-state index in [1.807, 2.05) is 0 Å². The molecule has 152 valence electrons. The molecule has 1 saturated heterocycles. The Hall–Kier alpha value is -2.46. The summed E-state index contributed by atoms with van der Waals surface area (Å²) in [7, 11) is 0. The zero-order chi connectivity index (χ0) is 20.9. The second-order valence-electron chi connectivity index (χ2n) is 6.90. The normalized spacial score (nSPS) is 22.4. The van der Waals surface area contributed by atoms with E-state index < -0.39 is 21.6 Å². The van der Waals surface area contributed by atoms with E-state index in [1.54, 1.807) is 32.0 Å². The second-order valence-corrected chi connectivity index (χ2v) is 7.89. The van der Waals surface area contributed by atoms with Crippen molar-refractivity contribution in [1.82, 2.24) is 0 Å². The van der Waals surface area contributed by atoms with Crippen LogP contribution in [0.2, 0.25) is 0 Å². The first-order valence-corrected chi connectivity index (χ1v) is 9.86. The van der Waals surface area contributed by atoms with Crippen molar-refractivity contribution in [1.29, 1.82) is 0 Å². The van der Waals surface area contributed by atoms with E-state index in [4.69, 9.17) is 0 Å². The Kier molecular flexibility index (Phi) is 7.14. The average molecular weight is 411 g/mol. The molecule has 1 aromatic carbocycles. The number of thioether (sulfide) groups is 1. The van der Waals surface area contributed by atoms with Crippen LogP contribution in [0.5, 0.6) is 0 Å². The van der Waals surface area contributed by atoms with Gasteiger partial charge in [0.2, 0.25) is 5.12 Å². The van der Waals surface area contributed by atoms with Gasteiger partial charge in [0.05, 0.1) is 12.5 Å². The molecule has 10 heteroatoms. The fourth-order valence-electron chi connectivity index (χ4n) is 3.45. The van der Waals surface area contributed by atoms with Crippen molar-refractivity contribution < 1.29 is 33.9 Å². The lowest BCUT2D eigenvalue weighted by molar-refractivity contribution is -0.793. The molecule has 0 bridgehead atoms. The number of imide groups is 1. The number of hydrogen-bond acceptors (Lipinski definition) is 7. The molecule has 2 rings (SSSR count). The summed E-state index contributed by atoms with van der Waals surface area (Å²) < 4.78 is -0.580. The lowest BCUT2D eigenvalue weighted by atomic mass is 10.1. The van der Waals surface area contributed by atoms with Crippen LogP contribution in [0.4, 0.5) is 4.79 Å². The summed E-state index contributed by atoms with van der Waals surface area (Å²) in [6.45, 7) is 3.42. The van der Waals surface area contributed by atoms with E-state index in [0.29, 0.717) is 24.0 Å². The Bertz CT molecular complexity index is 785. The van der Waals surface area contributed by atoms with Crippen molar-refractivity contribution in [2.75, 3.05) is 12.3 Å². The molecule has 0 aliphatic carbocycles. The van der Waals surface area contributed by atoms with Crippen molar-refractivity contribution >= 4 is 28.9 Å². The lowest BCUT2D eigenvalue weighted by Crippen LogP contribution is -2.60. The second kappa shape index (κ2) is 9.16. The summed E-state index contributed by atoms with van der Waals surface area (Å²) in [5.41, 5.74) is 0.819. The van der Waals surface area contributed by atoms with Gasteiger partial charge in [0.25, 0.3) is 5.09 Å². The minimum absolute atomic E-state index is 0.160. The molecule has 3 atom stereocenters. The predicted molar refractivity (Wildman–Crippen MR) is 101 cm³/mol. The predicted octanol–water partition coefficient (Wildman–Crippen LogP) is 3.11. The van der Waals surface area contributed by atoms with Crippen molar-refractivity contribution in [3.8, 4) is 0 Å². The monoisotopic (exact) mass is 411 g/mol. The van der Waals surface area contributed by atoms with Crippen LogP contribution < -0.4 is 0 Å². The fourth-order valence-corrected chi connectivity index (χ4v) is 4.28. The van der Waals surface area contributed by atoms with Crippen molar-refractivity contribution in [2.45, 2.75) is 39.3 Å². The highest BCUT2D eigenvalue weighted by molar-refractivity contribution is 8.14. The number of carbonyl (C=O) groups is 3. The maximum absolute atomic E-state index is 12.9. The zero-order valence-electron chi connectivity index (χ0n) is 15.7. The van der Waals surface area contributed by atoms with Crippen LogP contribution in [-0.4, -0.2) is 50.1 Å².